The van der Waals surface area contributed by atoms with Gasteiger partial charge in [0.25, 0.3) is 5.66 Å². The van der Waals surface area contributed by atoms with Gasteiger partial charge in [-0.1, -0.05) is 32.0 Å². The first-order chi connectivity index (χ1) is 8.58. The van der Waals surface area contributed by atoms with E-state index in [9.17, 15) is 10.4 Å². The largest absolute Gasteiger partial charge is 0.622 e. The van der Waals surface area contributed by atoms with Crippen LogP contribution in [0.25, 0.3) is 0 Å². The molecule has 0 unspecified atom stereocenters. The number of benzene rings is 1. The fourth-order valence-corrected chi connectivity index (χ4v) is 2.79. The second kappa shape index (κ2) is 4.71. The number of hydrogen-bond acceptors (Lipinski definition) is 3. The molecule has 1 aliphatic rings. The third-order valence-corrected chi connectivity index (χ3v) is 3.99. The number of hydroxylamine groups is 3. The molecule has 4 nitrogen and oxygen atoms in total. The summed E-state index contributed by atoms with van der Waals surface area (Å²) in [6.07, 6.45) is 1.17. The van der Waals surface area contributed by atoms with E-state index in [0.717, 1.165) is 10.3 Å². The fraction of sp³-hybridized carbons (Fsp3) is 0.500. The quantitative estimate of drug-likeness (QED) is 0.660. The maximum absolute atomic E-state index is 12.6. The van der Waals surface area contributed by atoms with E-state index in [2.05, 4.69) is 0 Å². The Morgan fingerprint density at radius 2 is 1.83 bits per heavy atom. The summed E-state index contributed by atoms with van der Waals surface area (Å²) in [7, 11) is 0. The van der Waals surface area contributed by atoms with Crippen LogP contribution in [0.15, 0.2) is 30.3 Å². The van der Waals surface area contributed by atoms with Gasteiger partial charge in [-0.15, -0.1) is 5.06 Å². The van der Waals surface area contributed by atoms with Gasteiger partial charge in [-0.05, 0) is 19.1 Å². The first-order valence-corrected chi connectivity index (χ1v) is 6.46. The Kier molecular flexibility index (Phi) is 3.41. The van der Waals surface area contributed by atoms with E-state index in [0.29, 0.717) is 18.6 Å². The number of nitrogens with zero attached hydrogens (tertiary/aromatic N) is 2. The van der Waals surface area contributed by atoms with E-state index in [1.807, 2.05) is 51.1 Å². The highest BCUT2D eigenvalue weighted by atomic mass is 16.6. The lowest BCUT2D eigenvalue weighted by atomic mass is 10.0. The Labute approximate surface area is 108 Å². The van der Waals surface area contributed by atoms with Gasteiger partial charge in [0.2, 0.25) is 5.71 Å². The summed E-state index contributed by atoms with van der Waals surface area (Å²) in [5, 5.41) is 24.1. The van der Waals surface area contributed by atoms with Gasteiger partial charge in [-0.25, -0.2) is 0 Å². The SMILES string of the molecule is CCC1(CC)N(O)[C@H](C)C(c2ccccc2)=[N+]1[O-]. The summed E-state index contributed by atoms with van der Waals surface area (Å²) in [5.41, 5.74) is 0.689. The van der Waals surface area contributed by atoms with Crippen LogP contribution in [0.1, 0.15) is 39.2 Å². The van der Waals surface area contributed by atoms with Crippen LogP contribution in [0.4, 0.5) is 0 Å². The molecule has 2 rings (SSSR count). The minimum absolute atomic E-state index is 0.287. The maximum Gasteiger partial charge on any atom is 0.250 e. The molecule has 0 aromatic heterocycles. The molecule has 0 bridgehead atoms. The summed E-state index contributed by atoms with van der Waals surface area (Å²) in [6.45, 7) is 5.72. The third-order valence-electron chi connectivity index (χ3n) is 3.99. The molecule has 18 heavy (non-hydrogen) atoms. The van der Waals surface area contributed by atoms with Gasteiger partial charge in [-0.3, -0.25) is 0 Å². The van der Waals surface area contributed by atoms with Crippen molar-refractivity contribution in [1.29, 1.82) is 0 Å². The predicted octanol–water partition coefficient (Wildman–Crippen LogP) is 2.60. The van der Waals surface area contributed by atoms with Crippen LogP contribution in [0, 0.1) is 5.21 Å². The minimum Gasteiger partial charge on any atom is -0.622 e. The van der Waals surface area contributed by atoms with Crippen molar-refractivity contribution in [2.24, 2.45) is 0 Å². The van der Waals surface area contributed by atoms with Crippen LogP contribution in [-0.2, 0) is 0 Å². The first-order valence-electron chi connectivity index (χ1n) is 6.46. The van der Waals surface area contributed by atoms with E-state index in [1.165, 1.54) is 5.06 Å². The fourth-order valence-electron chi connectivity index (χ4n) is 2.79. The highest BCUT2D eigenvalue weighted by molar-refractivity contribution is 6.01. The van der Waals surface area contributed by atoms with Gasteiger partial charge in [0.1, 0.15) is 6.04 Å². The lowest BCUT2D eigenvalue weighted by molar-refractivity contribution is -0.591. The molecule has 98 valence electrons. The molecule has 1 aliphatic heterocycles. The zero-order valence-corrected chi connectivity index (χ0v) is 11.1. The molecule has 1 atom stereocenters. The zero-order valence-electron chi connectivity index (χ0n) is 11.1. The average molecular weight is 248 g/mol. The molecule has 0 saturated carbocycles. The zero-order chi connectivity index (χ0) is 13.3. The normalized spacial score (nSPS) is 23.7. The summed E-state index contributed by atoms with van der Waals surface area (Å²) in [5.74, 6) is 0. The molecule has 0 aliphatic carbocycles. The van der Waals surface area contributed by atoms with Crippen LogP contribution in [0.3, 0.4) is 0 Å². The van der Waals surface area contributed by atoms with Crippen molar-refractivity contribution >= 4 is 5.71 Å². The summed E-state index contributed by atoms with van der Waals surface area (Å²) < 4.78 is 0.993. The van der Waals surface area contributed by atoms with E-state index in [4.69, 9.17) is 0 Å². The van der Waals surface area contributed by atoms with Gasteiger partial charge < -0.3 is 10.4 Å². The lowest BCUT2D eigenvalue weighted by Crippen LogP contribution is -2.49. The Morgan fingerprint density at radius 1 is 1.28 bits per heavy atom. The molecule has 1 N–H and O–H groups in total. The molecule has 0 fully saturated rings. The molecule has 1 aromatic carbocycles. The number of hydrogen-bond donors (Lipinski definition) is 1. The molecule has 0 radical (unpaired) electrons. The molecule has 1 heterocycles. The Hall–Kier alpha value is -1.39. The number of rotatable bonds is 3. The predicted molar refractivity (Wildman–Crippen MR) is 70.6 cm³/mol. The second-order valence-electron chi connectivity index (χ2n) is 4.76. The minimum atomic E-state index is -0.829. The molecular weight excluding hydrogens is 228 g/mol. The lowest BCUT2D eigenvalue weighted by Gasteiger charge is -2.30. The Balaban J connectivity index is 2.56. The summed E-state index contributed by atoms with van der Waals surface area (Å²) in [6, 6.07) is 9.26. The Morgan fingerprint density at radius 3 is 2.28 bits per heavy atom. The van der Waals surface area contributed by atoms with Gasteiger partial charge in [-0.2, -0.15) is 4.74 Å². The average Bonchev–Trinajstić information content (AvgIpc) is 2.59. The highest BCUT2D eigenvalue weighted by Gasteiger charge is 2.53. The first kappa shape index (κ1) is 13.1. The summed E-state index contributed by atoms with van der Waals surface area (Å²) in [4.78, 5) is 0. The van der Waals surface area contributed by atoms with Crippen molar-refractivity contribution in [3.63, 3.8) is 0 Å². The van der Waals surface area contributed by atoms with Crippen molar-refractivity contribution in [3.05, 3.63) is 41.1 Å². The molecule has 0 spiro atoms. The molecule has 1 aromatic rings. The van der Waals surface area contributed by atoms with Crippen molar-refractivity contribution < 1.29 is 9.95 Å². The van der Waals surface area contributed by atoms with Crippen LogP contribution in [0.5, 0.6) is 0 Å². The van der Waals surface area contributed by atoms with Crippen molar-refractivity contribution in [2.75, 3.05) is 0 Å². The van der Waals surface area contributed by atoms with Gasteiger partial charge in [0.05, 0.1) is 0 Å². The van der Waals surface area contributed by atoms with Gasteiger partial charge in [0, 0.05) is 18.4 Å². The van der Waals surface area contributed by atoms with Crippen molar-refractivity contribution in [2.45, 2.75) is 45.3 Å². The molecule has 0 saturated heterocycles. The van der Waals surface area contributed by atoms with Crippen LogP contribution < -0.4 is 0 Å². The van der Waals surface area contributed by atoms with Gasteiger partial charge >= 0.3 is 0 Å². The van der Waals surface area contributed by atoms with Crippen LogP contribution in [-0.4, -0.2) is 32.4 Å². The third kappa shape index (κ3) is 1.64. The van der Waals surface area contributed by atoms with Crippen LogP contribution in [0.2, 0.25) is 0 Å². The van der Waals surface area contributed by atoms with Crippen molar-refractivity contribution in [1.82, 2.24) is 5.06 Å². The molecule has 0 amide bonds. The summed E-state index contributed by atoms with van der Waals surface area (Å²) >= 11 is 0. The second-order valence-corrected chi connectivity index (χ2v) is 4.76. The maximum atomic E-state index is 12.6. The monoisotopic (exact) mass is 248 g/mol. The molecular formula is C14H20N2O2. The van der Waals surface area contributed by atoms with E-state index in [1.54, 1.807) is 0 Å². The smallest absolute Gasteiger partial charge is 0.250 e. The standard InChI is InChI=1S/C14H20N2O2/c1-4-14(5-2)15(17)11(3)13(16(14)18)12-9-7-6-8-10-12/h6-11,17H,4-5H2,1-3H3/t11-/m1/s1. The van der Waals surface area contributed by atoms with E-state index >= 15 is 0 Å². The van der Waals surface area contributed by atoms with Crippen LogP contribution >= 0.6 is 0 Å². The van der Waals surface area contributed by atoms with Crippen molar-refractivity contribution in [3.8, 4) is 0 Å². The highest BCUT2D eigenvalue weighted by Crippen LogP contribution is 2.33. The molecule has 4 heteroatoms. The van der Waals surface area contributed by atoms with Gasteiger partial charge in [0.15, 0.2) is 0 Å². The topological polar surface area (TPSA) is 49.5 Å². The van der Waals surface area contributed by atoms with E-state index in [-0.39, 0.29) is 6.04 Å². The Bertz CT molecular complexity index is 452. The van der Waals surface area contributed by atoms with E-state index < -0.39 is 5.66 Å².